The summed E-state index contributed by atoms with van der Waals surface area (Å²) >= 11 is 0. The van der Waals surface area contributed by atoms with E-state index in [1.807, 2.05) is 6.07 Å². The van der Waals surface area contributed by atoms with Crippen LogP contribution in [0.15, 0.2) is 12.1 Å². The Bertz CT molecular complexity index is 423. The van der Waals surface area contributed by atoms with Crippen LogP contribution in [-0.2, 0) is 5.41 Å². The van der Waals surface area contributed by atoms with Crippen molar-refractivity contribution in [3.63, 3.8) is 0 Å². The summed E-state index contributed by atoms with van der Waals surface area (Å²) in [5.74, 6) is 1.78. The maximum Gasteiger partial charge on any atom is 0.126 e. The monoisotopic (exact) mass is 249 g/mol. The zero-order valence-electron chi connectivity index (χ0n) is 11.6. The number of ether oxygens (including phenoxy) is 2. The Morgan fingerprint density at radius 1 is 1.11 bits per heavy atom. The first-order valence-corrected chi connectivity index (χ1v) is 6.60. The predicted molar refractivity (Wildman–Crippen MR) is 73.5 cm³/mol. The number of hydrogen-bond acceptors (Lipinski definition) is 3. The minimum atomic E-state index is 0.0996. The molecule has 0 heterocycles. The molecule has 0 aromatic heterocycles. The van der Waals surface area contributed by atoms with Crippen LogP contribution in [0.25, 0.3) is 0 Å². The van der Waals surface area contributed by atoms with Crippen LogP contribution < -0.4 is 15.2 Å². The highest BCUT2D eigenvalue weighted by atomic mass is 16.5. The minimum Gasteiger partial charge on any atom is -0.496 e. The normalized spacial score (nSPS) is 17.8. The number of aryl methyl sites for hydroxylation is 1. The third kappa shape index (κ3) is 2.07. The van der Waals surface area contributed by atoms with Crippen molar-refractivity contribution >= 4 is 0 Å². The van der Waals surface area contributed by atoms with E-state index in [-0.39, 0.29) is 5.41 Å². The Hall–Kier alpha value is -1.22. The van der Waals surface area contributed by atoms with Crippen LogP contribution in [-0.4, -0.2) is 20.8 Å². The fourth-order valence-corrected chi connectivity index (χ4v) is 3.11. The molecule has 2 N–H and O–H groups in total. The van der Waals surface area contributed by atoms with Gasteiger partial charge in [0.15, 0.2) is 0 Å². The molecule has 1 aliphatic carbocycles. The topological polar surface area (TPSA) is 44.5 Å². The highest BCUT2D eigenvalue weighted by molar-refractivity contribution is 5.50. The van der Waals surface area contributed by atoms with Gasteiger partial charge in [-0.05, 0) is 31.4 Å². The second-order valence-electron chi connectivity index (χ2n) is 5.21. The van der Waals surface area contributed by atoms with Gasteiger partial charge in [0.25, 0.3) is 0 Å². The quantitative estimate of drug-likeness (QED) is 0.892. The molecule has 1 aliphatic rings. The molecule has 18 heavy (non-hydrogen) atoms. The fraction of sp³-hybridized carbons (Fsp3) is 0.600. The first-order chi connectivity index (χ1) is 8.66. The first kappa shape index (κ1) is 13.2. The van der Waals surface area contributed by atoms with E-state index in [1.54, 1.807) is 14.2 Å². The Balaban J connectivity index is 2.52. The highest BCUT2D eigenvalue weighted by Crippen LogP contribution is 2.45. The third-order valence-electron chi connectivity index (χ3n) is 4.24. The van der Waals surface area contributed by atoms with Crippen LogP contribution in [0, 0.1) is 6.92 Å². The SMILES string of the molecule is COc1cc(OC)c(C2(CN)CCCC2)cc1C. The average molecular weight is 249 g/mol. The van der Waals surface area contributed by atoms with Crippen molar-refractivity contribution in [3.05, 3.63) is 23.3 Å². The summed E-state index contributed by atoms with van der Waals surface area (Å²) in [6, 6.07) is 4.18. The van der Waals surface area contributed by atoms with Crippen LogP contribution in [0.1, 0.15) is 36.8 Å². The number of methoxy groups -OCH3 is 2. The van der Waals surface area contributed by atoms with Crippen LogP contribution >= 0.6 is 0 Å². The van der Waals surface area contributed by atoms with E-state index in [0.717, 1.165) is 29.9 Å². The standard InChI is InChI=1S/C15H23NO2/c1-11-8-12(14(18-3)9-13(11)17-2)15(10-16)6-4-5-7-15/h8-9H,4-7,10,16H2,1-3H3. The van der Waals surface area contributed by atoms with Crippen molar-refractivity contribution in [2.75, 3.05) is 20.8 Å². The van der Waals surface area contributed by atoms with E-state index in [0.29, 0.717) is 6.54 Å². The lowest BCUT2D eigenvalue weighted by Gasteiger charge is -2.30. The molecule has 1 fully saturated rings. The maximum absolute atomic E-state index is 6.06. The molecule has 100 valence electrons. The Labute approximate surface area is 109 Å². The summed E-state index contributed by atoms with van der Waals surface area (Å²) in [6.07, 6.45) is 4.83. The molecule has 0 saturated heterocycles. The van der Waals surface area contributed by atoms with E-state index >= 15 is 0 Å². The number of hydrogen-bond donors (Lipinski definition) is 1. The van der Waals surface area contributed by atoms with Crippen molar-refractivity contribution in [2.24, 2.45) is 5.73 Å². The molecule has 0 radical (unpaired) electrons. The molecular weight excluding hydrogens is 226 g/mol. The van der Waals surface area contributed by atoms with E-state index in [1.165, 1.54) is 18.4 Å². The van der Waals surface area contributed by atoms with Gasteiger partial charge in [0, 0.05) is 23.6 Å². The lowest BCUT2D eigenvalue weighted by molar-refractivity contribution is 0.367. The molecule has 1 saturated carbocycles. The van der Waals surface area contributed by atoms with Crippen molar-refractivity contribution < 1.29 is 9.47 Å². The molecule has 1 aromatic rings. The largest absolute Gasteiger partial charge is 0.496 e. The summed E-state index contributed by atoms with van der Waals surface area (Å²) in [5.41, 5.74) is 8.56. The summed E-state index contributed by atoms with van der Waals surface area (Å²) in [4.78, 5) is 0. The van der Waals surface area contributed by atoms with Crippen molar-refractivity contribution in [3.8, 4) is 11.5 Å². The molecule has 0 atom stereocenters. The van der Waals surface area contributed by atoms with Crippen LogP contribution in [0.5, 0.6) is 11.5 Å². The molecule has 3 heteroatoms. The van der Waals surface area contributed by atoms with Crippen LogP contribution in [0.2, 0.25) is 0 Å². The number of rotatable bonds is 4. The average Bonchev–Trinajstić information content (AvgIpc) is 2.88. The third-order valence-corrected chi connectivity index (χ3v) is 4.24. The van der Waals surface area contributed by atoms with Gasteiger partial charge >= 0.3 is 0 Å². The van der Waals surface area contributed by atoms with Crippen molar-refractivity contribution in [1.82, 2.24) is 0 Å². The maximum atomic E-state index is 6.06. The van der Waals surface area contributed by atoms with Gasteiger partial charge in [-0.25, -0.2) is 0 Å². The lowest BCUT2D eigenvalue weighted by atomic mass is 9.78. The second kappa shape index (κ2) is 5.19. The molecule has 0 unspecified atom stereocenters. The zero-order chi connectivity index (χ0) is 13.2. The molecule has 2 rings (SSSR count). The van der Waals surface area contributed by atoms with E-state index in [9.17, 15) is 0 Å². The lowest BCUT2D eigenvalue weighted by Crippen LogP contribution is -2.32. The first-order valence-electron chi connectivity index (χ1n) is 6.60. The molecule has 3 nitrogen and oxygen atoms in total. The van der Waals surface area contributed by atoms with E-state index in [4.69, 9.17) is 15.2 Å². The highest BCUT2D eigenvalue weighted by Gasteiger charge is 2.37. The Kier molecular flexibility index (Phi) is 3.81. The van der Waals surface area contributed by atoms with Crippen LogP contribution in [0.3, 0.4) is 0 Å². The Morgan fingerprint density at radius 3 is 2.22 bits per heavy atom. The van der Waals surface area contributed by atoms with E-state index in [2.05, 4.69) is 13.0 Å². The van der Waals surface area contributed by atoms with Crippen LogP contribution in [0.4, 0.5) is 0 Å². The fourth-order valence-electron chi connectivity index (χ4n) is 3.11. The van der Waals surface area contributed by atoms with Gasteiger partial charge in [-0.15, -0.1) is 0 Å². The molecular formula is C15H23NO2. The summed E-state index contributed by atoms with van der Waals surface area (Å²) in [6.45, 7) is 2.76. The van der Waals surface area contributed by atoms with Gasteiger partial charge in [0.2, 0.25) is 0 Å². The zero-order valence-corrected chi connectivity index (χ0v) is 11.6. The van der Waals surface area contributed by atoms with Gasteiger partial charge in [-0.3, -0.25) is 0 Å². The molecule has 1 aromatic carbocycles. The second-order valence-corrected chi connectivity index (χ2v) is 5.21. The van der Waals surface area contributed by atoms with Gasteiger partial charge in [0.1, 0.15) is 11.5 Å². The summed E-state index contributed by atoms with van der Waals surface area (Å²) < 4.78 is 10.9. The molecule has 0 spiro atoms. The van der Waals surface area contributed by atoms with Crippen molar-refractivity contribution in [2.45, 2.75) is 38.0 Å². The summed E-state index contributed by atoms with van der Waals surface area (Å²) in [5, 5.41) is 0. The molecule has 0 amide bonds. The van der Waals surface area contributed by atoms with Gasteiger partial charge in [-0.2, -0.15) is 0 Å². The summed E-state index contributed by atoms with van der Waals surface area (Å²) in [7, 11) is 3.41. The van der Waals surface area contributed by atoms with Crippen molar-refractivity contribution in [1.29, 1.82) is 0 Å². The smallest absolute Gasteiger partial charge is 0.126 e. The minimum absolute atomic E-state index is 0.0996. The molecule has 0 bridgehead atoms. The molecule has 0 aliphatic heterocycles. The Morgan fingerprint density at radius 2 is 1.72 bits per heavy atom. The van der Waals surface area contributed by atoms with E-state index < -0.39 is 0 Å². The predicted octanol–water partition coefficient (Wildman–Crippen LogP) is 2.78. The van der Waals surface area contributed by atoms with Gasteiger partial charge < -0.3 is 15.2 Å². The van der Waals surface area contributed by atoms with Gasteiger partial charge in [0.05, 0.1) is 14.2 Å². The number of nitrogens with two attached hydrogens (primary N) is 1. The van der Waals surface area contributed by atoms with Gasteiger partial charge in [-0.1, -0.05) is 12.8 Å². The number of benzene rings is 1.